The molecule has 3 heterocycles. The third-order valence-electron chi connectivity index (χ3n) is 4.36. The second-order valence-corrected chi connectivity index (χ2v) is 6.05. The van der Waals surface area contributed by atoms with Crippen LogP contribution in [0.3, 0.4) is 0 Å². The lowest BCUT2D eigenvalue weighted by Crippen LogP contribution is -2.41. The van der Waals surface area contributed by atoms with E-state index in [0.29, 0.717) is 23.2 Å². The summed E-state index contributed by atoms with van der Waals surface area (Å²) in [5.74, 6) is 0.966. The van der Waals surface area contributed by atoms with E-state index in [0.717, 1.165) is 24.5 Å². The summed E-state index contributed by atoms with van der Waals surface area (Å²) in [6.45, 7) is 2.45. The molecule has 3 aromatic rings. The lowest BCUT2D eigenvalue weighted by Gasteiger charge is -2.23. The minimum absolute atomic E-state index is 0.0307. The van der Waals surface area contributed by atoms with Crippen LogP contribution in [0.1, 0.15) is 28.4 Å². The van der Waals surface area contributed by atoms with Gasteiger partial charge in [-0.2, -0.15) is 5.10 Å². The summed E-state index contributed by atoms with van der Waals surface area (Å²) in [5.41, 5.74) is 1.28. The van der Waals surface area contributed by atoms with E-state index in [-0.39, 0.29) is 11.9 Å². The van der Waals surface area contributed by atoms with Gasteiger partial charge in [-0.05, 0) is 25.5 Å². The number of nitrogens with one attached hydrogen (secondary N) is 1. The van der Waals surface area contributed by atoms with Crippen LogP contribution in [-0.4, -0.2) is 31.3 Å². The number of fused-ring (bicyclic) bond motifs is 2. The first-order chi connectivity index (χ1) is 11.5. The topological polar surface area (TPSA) is 95.0 Å². The number of aromatic nitrogens is 4. The smallest absolute Gasteiger partial charge is 0.407 e. The molecule has 8 heteroatoms. The predicted octanol–water partition coefficient (Wildman–Crippen LogP) is 0.776. The zero-order valence-corrected chi connectivity index (χ0v) is 13.4. The highest BCUT2D eigenvalue weighted by molar-refractivity contribution is 6.04. The summed E-state index contributed by atoms with van der Waals surface area (Å²) in [6, 6.07) is 5.12. The van der Waals surface area contributed by atoms with E-state index in [2.05, 4.69) is 15.4 Å². The van der Waals surface area contributed by atoms with E-state index >= 15 is 0 Å². The van der Waals surface area contributed by atoms with Gasteiger partial charge in [-0.25, -0.2) is 14.5 Å². The van der Waals surface area contributed by atoms with Gasteiger partial charge in [-0.3, -0.25) is 9.36 Å². The number of hydrogen-bond acceptors (Lipinski definition) is 5. The molecule has 1 atom stereocenters. The fraction of sp³-hybridized carbons (Fsp3) is 0.375. The normalized spacial score (nSPS) is 17.0. The summed E-state index contributed by atoms with van der Waals surface area (Å²) in [7, 11) is 1.62. The SMILES string of the molecule is Cc1nc2n(n1)CC(NC(=O)c1cccc3c1oc(=O)n3C)CC2. The Morgan fingerprint density at radius 1 is 1.42 bits per heavy atom. The highest BCUT2D eigenvalue weighted by Gasteiger charge is 2.24. The largest absolute Gasteiger partial charge is 0.419 e. The maximum atomic E-state index is 12.6. The van der Waals surface area contributed by atoms with Crippen LogP contribution in [0.15, 0.2) is 27.4 Å². The molecule has 1 N–H and O–H groups in total. The Morgan fingerprint density at radius 2 is 2.25 bits per heavy atom. The molecule has 8 nitrogen and oxygen atoms in total. The quantitative estimate of drug-likeness (QED) is 0.750. The molecule has 0 radical (unpaired) electrons. The Morgan fingerprint density at radius 3 is 3.08 bits per heavy atom. The van der Waals surface area contributed by atoms with Crippen molar-refractivity contribution in [2.45, 2.75) is 32.4 Å². The lowest BCUT2D eigenvalue weighted by atomic mass is 10.1. The van der Waals surface area contributed by atoms with Crippen LogP contribution in [0.2, 0.25) is 0 Å². The molecule has 1 aliphatic rings. The summed E-state index contributed by atoms with van der Waals surface area (Å²) in [5, 5.41) is 7.34. The molecule has 0 aliphatic carbocycles. The number of carbonyl (C=O) groups is 1. The Balaban J connectivity index is 1.59. The van der Waals surface area contributed by atoms with Crippen molar-refractivity contribution < 1.29 is 9.21 Å². The van der Waals surface area contributed by atoms with Gasteiger partial charge in [0, 0.05) is 19.5 Å². The Kier molecular flexibility index (Phi) is 3.26. The van der Waals surface area contributed by atoms with Crippen molar-refractivity contribution in [3.63, 3.8) is 0 Å². The van der Waals surface area contributed by atoms with Crippen LogP contribution in [0, 0.1) is 6.92 Å². The van der Waals surface area contributed by atoms with E-state index in [1.54, 1.807) is 25.2 Å². The van der Waals surface area contributed by atoms with Gasteiger partial charge in [0.1, 0.15) is 11.6 Å². The molecule has 124 valence electrons. The molecule has 0 bridgehead atoms. The zero-order valence-electron chi connectivity index (χ0n) is 13.4. The molecule has 2 aromatic heterocycles. The predicted molar refractivity (Wildman–Crippen MR) is 85.8 cm³/mol. The zero-order chi connectivity index (χ0) is 16.8. The lowest BCUT2D eigenvalue weighted by molar-refractivity contribution is 0.0927. The summed E-state index contributed by atoms with van der Waals surface area (Å²) in [4.78, 5) is 28.7. The molecule has 24 heavy (non-hydrogen) atoms. The maximum absolute atomic E-state index is 12.6. The van der Waals surface area contributed by atoms with Gasteiger partial charge in [0.2, 0.25) is 0 Å². The van der Waals surface area contributed by atoms with Gasteiger partial charge >= 0.3 is 5.76 Å². The van der Waals surface area contributed by atoms with Crippen molar-refractivity contribution in [1.82, 2.24) is 24.6 Å². The number of oxazole rings is 1. The average Bonchev–Trinajstić information content (AvgIpc) is 3.06. The molecule has 1 amide bonds. The minimum atomic E-state index is -0.481. The number of amides is 1. The number of aryl methyl sites for hydroxylation is 3. The second-order valence-electron chi connectivity index (χ2n) is 6.05. The number of rotatable bonds is 2. The standard InChI is InChI=1S/C16H17N5O3/c1-9-17-13-7-6-10(8-21(13)19-9)18-15(22)11-4-3-5-12-14(11)24-16(23)20(12)2/h3-5,10H,6-8H2,1-2H3,(H,18,22). The molecule has 0 fully saturated rings. The maximum Gasteiger partial charge on any atom is 0.419 e. The van der Waals surface area contributed by atoms with Gasteiger partial charge in [0.15, 0.2) is 5.58 Å². The van der Waals surface area contributed by atoms with Gasteiger partial charge in [0.05, 0.1) is 17.6 Å². The number of nitrogens with zero attached hydrogens (tertiary/aromatic N) is 4. The van der Waals surface area contributed by atoms with Crippen molar-refractivity contribution in [3.8, 4) is 0 Å². The Bertz CT molecular complexity index is 997. The molecule has 0 spiro atoms. The van der Waals surface area contributed by atoms with Crippen molar-refractivity contribution in [2.24, 2.45) is 7.05 Å². The van der Waals surface area contributed by atoms with E-state index in [4.69, 9.17) is 4.42 Å². The monoisotopic (exact) mass is 327 g/mol. The molecular formula is C16H17N5O3. The van der Waals surface area contributed by atoms with Gasteiger partial charge in [0.25, 0.3) is 5.91 Å². The fourth-order valence-electron chi connectivity index (χ4n) is 3.14. The third-order valence-corrected chi connectivity index (χ3v) is 4.36. The second kappa shape index (κ2) is 5.33. The van der Waals surface area contributed by atoms with Crippen LogP contribution in [-0.2, 0) is 20.0 Å². The minimum Gasteiger partial charge on any atom is -0.407 e. The third kappa shape index (κ3) is 2.31. The molecule has 0 saturated carbocycles. The highest BCUT2D eigenvalue weighted by atomic mass is 16.4. The first-order valence-electron chi connectivity index (χ1n) is 7.82. The number of benzene rings is 1. The van der Waals surface area contributed by atoms with E-state index in [1.165, 1.54) is 4.57 Å². The first-order valence-corrected chi connectivity index (χ1v) is 7.82. The summed E-state index contributed by atoms with van der Waals surface area (Å²) in [6.07, 6.45) is 1.58. The van der Waals surface area contributed by atoms with Crippen LogP contribution in [0.4, 0.5) is 0 Å². The molecular weight excluding hydrogens is 310 g/mol. The molecule has 1 aliphatic heterocycles. The Hall–Kier alpha value is -2.90. The summed E-state index contributed by atoms with van der Waals surface area (Å²) >= 11 is 0. The van der Waals surface area contributed by atoms with Crippen molar-refractivity contribution in [1.29, 1.82) is 0 Å². The van der Waals surface area contributed by atoms with Gasteiger partial charge in [-0.1, -0.05) is 6.07 Å². The van der Waals surface area contributed by atoms with E-state index in [1.807, 2.05) is 11.6 Å². The van der Waals surface area contributed by atoms with Crippen LogP contribution < -0.4 is 11.1 Å². The molecule has 1 aromatic carbocycles. The van der Waals surface area contributed by atoms with Gasteiger partial charge < -0.3 is 9.73 Å². The number of hydrogen-bond donors (Lipinski definition) is 1. The molecule has 4 rings (SSSR count). The van der Waals surface area contributed by atoms with Crippen LogP contribution in [0.25, 0.3) is 11.1 Å². The first kappa shape index (κ1) is 14.7. The van der Waals surface area contributed by atoms with Crippen LogP contribution >= 0.6 is 0 Å². The van der Waals surface area contributed by atoms with E-state index < -0.39 is 5.76 Å². The molecule has 0 saturated heterocycles. The summed E-state index contributed by atoms with van der Waals surface area (Å²) < 4.78 is 8.45. The average molecular weight is 327 g/mol. The van der Waals surface area contributed by atoms with Crippen molar-refractivity contribution >= 4 is 17.0 Å². The fourth-order valence-corrected chi connectivity index (χ4v) is 3.14. The number of para-hydroxylation sites is 1. The van der Waals surface area contributed by atoms with Crippen molar-refractivity contribution in [2.75, 3.05) is 0 Å². The molecule has 1 unspecified atom stereocenters. The van der Waals surface area contributed by atoms with Crippen molar-refractivity contribution in [3.05, 3.63) is 46.0 Å². The number of carbonyl (C=O) groups excluding carboxylic acids is 1. The highest BCUT2D eigenvalue weighted by Crippen LogP contribution is 2.18. The van der Waals surface area contributed by atoms with Crippen LogP contribution in [0.5, 0.6) is 0 Å². The van der Waals surface area contributed by atoms with Gasteiger partial charge in [-0.15, -0.1) is 0 Å². The Labute approximate surface area is 137 Å². The van der Waals surface area contributed by atoms with E-state index in [9.17, 15) is 9.59 Å².